The van der Waals surface area contributed by atoms with Gasteiger partial charge in [-0.3, -0.25) is 9.59 Å². The summed E-state index contributed by atoms with van der Waals surface area (Å²) in [5, 5.41) is 7.52. The van der Waals surface area contributed by atoms with E-state index < -0.39 is 0 Å². The monoisotopic (exact) mass is 339 g/mol. The Labute approximate surface area is 143 Å². The summed E-state index contributed by atoms with van der Waals surface area (Å²) >= 11 is 5.89. The summed E-state index contributed by atoms with van der Waals surface area (Å²) in [6, 6.07) is 17.1. The van der Waals surface area contributed by atoms with Crippen molar-refractivity contribution >= 4 is 23.2 Å². The highest BCUT2D eigenvalue weighted by Crippen LogP contribution is 2.19. The fourth-order valence-corrected chi connectivity index (χ4v) is 2.40. The zero-order valence-corrected chi connectivity index (χ0v) is 13.6. The Morgan fingerprint density at radius 1 is 1.08 bits per heavy atom. The number of nitrogens with one attached hydrogen (secondary N) is 1. The lowest BCUT2D eigenvalue weighted by Gasteiger charge is -2.07. The van der Waals surface area contributed by atoms with E-state index in [0.717, 1.165) is 5.56 Å². The highest BCUT2D eigenvalue weighted by atomic mass is 35.5. The van der Waals surface area contributed by atoms with Crippen molar-refractivity contribution in [2.45, 2.75) is 0 Å². The maximum atomic E-state index is 12.2. The second-order valence-electron chi connectivity index (χ2n) is 5.22. The molecule has 0 aliphatic carbocycles. The van der Waals surface area contributed by atoms with Gasteiger partial charge in [-0.2, -0.15) is 5.10 Å². The number of amides is 1. The maximum absolute atomic E-state index is 12.2. The van der Waals surface area contributed by atoms with Gasteiger partial charge in [0.1, 0.15) is 0 Å². The number of rotatable bonds is 3. The van der Waals surface area contributed by atoms with E-state index in [1.54, 1.807) is 49.5 Å². The normalized spacial score (nSPS) is 10.4. The number of aromatic nitrogens is 2. The molecule has 0 fully saturated rings. The fourth-order valence-electron chi connectivity index (χ4n) is 2.21. The molecule has 0 spiro atoms. The maximum Gasteiger partial charge on any atom is 0.266 e. The Kier molecular flexibility index (Phi) is 4.44. The molecule has 1 heterocycles. The average molecular weight is 340 g/mol. The molecular formula is C18H14ClN3O2. The van der Waals surface area contributed by atoms with Gasteiger partial charge in [0.05, 0.1) is 5.69 Å². The molecule has 2 aromatic carbocycles. The van der Waals surface area contributed by atoms with Crippen molar-refractivity contribution in [2.24, 2.45) is 7.05 Å². The van der Waals surface area contributed by atoms with Crippen molar-refractivity contribution in [2.75, 3.05) is 5.32 Å². The van der Waals surface area contributed by atoms with Gasteiger partial charge in [-0.05, 0) is 36.4 Å². The smallest absolute Gasteiger partial charge is 0.266 e. The van der Waals surface area contributed by atoms with Crippen molar-refractivity contribution in [1.29, 1.82) is 0 Å². The van der Waals surface area contributed by atoms with Crippen LogP contribution in [0.1, 0.15) is 10.4 Å². The van der Waals surface area contributed by atoms with Crippen LogP contribution in [0.15, 0.2) is 65.5 Å². The quantitative estimate of drug-likeness (QED) is 0.795. The third-order valence-electron chi connectivity index (χ3n) is 3.49. The zero-order chi connectivity index (χ0) is 17.1. The molecule has 1 N–H and O–H groups in total. The lowest BCUT2D eigenvalue weighted by Crippen LogP contribution is -2.18. The Balaban J connectivity index is 1.78. The third kappa shape index (κ3) is 3.52. The average Bonchev–Trinajstić information content (AvgIpc) is 2.58. The summed E-state index contributed by atoms with van der Waals surface area (Å²) < 4.78 is 1.28. The molecule has 3 aromatic rings. The molecule has 6 heteroatoms. The number of hydrogen-bond acceptors (Lipinski definition) is 3. The fraction of sp³-hybridized carbons (Fsp3) is 0.0556. The van der Waals surface area contributed by atoms with E-state index in [-0.39, 0.29) is 11.5 Å². The number of halogens is 1. The number of aryl methyl sites for hydroxylation is 1. The lowest BCUT2D eigenvalue weighted by molar-refractivity contribution is 0.102. The largest absolute Gasteiger partial charge is 0.322 e. The first kappa shape index (κ1) is 16.0. The van der Waals surface area contributed by atoms with Crippen molar-refractivity contribution in [3.63, 3.8) is 0 Å². The van der Waals surface area contributed by atoms with Gasteiger partial charge >= 0.3 is 0 Å². The topological polar surface area (TPSA) is 64.0 Å². The number of carbonyl (C=O) groups is 1. The standard InChI is InChI=1S/C18H14ClN3O2/c1-22-17(23)10-9-16(21-22)12-5-7-15(8-6-12)20-18(24)13-3-2-4-14(19)11-13/h2-11H,1H3,(H,20,24). The summed E-state index contributed by atoms with van der Waals surface area (Å²) in [6.45, 7) is 0. The highest BCUT2D eigenvalue weighted by Gasteiger charge is 2.07. The van der Waals surface area contributed by atoms with Gasteiger partial charge in [-0.1, -0.05) is 29.8 Å². The summed E-state index contributed by atoms with van der Waals surface area (Å²) in [5.74, 6) is -0.231. The van der Waals surface area contributed by atoms with Crippen LogP contribution in [-0.4, -0.2) is 15.7 Å². The van der Waals surface area contributed by atoms with E-state index in [1.807, 2.05) is 12.1 Å². The first-order valence-electron chi connectivity index (χ1n) is 7.25. The lowest BCUT2D eigenvalue weighted by atomic mass is 10.1. The number of benzene rings is 2. The number of anilines is 1. The minimum Gasteiger partial charge on any atom is -0.322 e. The Morgan fingerprint density at radius 3 is 2.50 bits per heavy atom. The first-order valence-corrected chi connectivity index (χ1v) is 7.62. The molecule has 24 heavy (non-hydrogen) atoms. The van der Waals surface area contributed by atoms with Gasteiger partial charge in [-0.25, -0.2) is 4.68 Å². The SMILES string of the molecule is Cn1nc(-c2ccc(NC(=O)c3cccc(Cl)c3)cc2)ccc1=O. The Bertz CT molecular complexity index is 949. The number of nitrogens with zero attached hydrogens (tertiary/aromatic N) is 2. The molecule has 0 bridgehead atoms. The second-order valence-corrected chi connectivity index (χ2v) is 5.66. The van der Waals surface area contributed by atoms with Crippen LogP contribution in [-0.2, 0) is 7.05 Å². The van der Waals surface area contributed by atoms with Crippen molar-refractivity contribution in [3.8, 4) is 11.3 Å². The minimum absolute atomic E-state index is 0.163. The Hall–Kier alpha value is -2.92. The molecule has 0 aliphatic rings. The first-order chi connectivity index (χ1) is 11.5. The zero-order valence-electron chi connectivity index (χ0n) is 12.9. The van der Waals surface area contributed by atoms with Crippen LogP contribution < -0.4 is 10.9 Å². The van der Waals surface area contributed by atoms with Crippen LogP contribution in [0.2, 0.25) is 5.02 Å². The summed E-state index contributed by atoms with van der Waals surface area (Å²) in [5.41, 5.74) is 2.53. The molecule has 3 rings (SSSR count). The van der Waals surface area contributed by atoms with E-state index in [2.05, 4.69) is 10.4 Å². The molecule has 0 atom stereocenters. The van der Waals surface area contributed by atoms with E-state index in [0.29, 0.717) is 22.0 Å². The van der Waals surface area contributed by atoms with E-state index in [1.165, 1.54) is 10.7 Å². The van der Waals surface area contributed by atoms with Gasteiger partial charge in [0.15, 0.2) is 0 Å². The summed E-state index contributed by atoms with van der Waals surface area (Å²) in [7, 11) is 1.60. The molecule has 0 saturated heterocycles. The Morgan fingerprint density at radius 2 is 1.83 bits per heavy atom. The summed E-state index contributed by atoms with van der Waals surface area (Å²) in [6.07, 6.45) is 0. The van der Waals surface area contributed by atoms with Gasteiger partial charge in [-0.15, -0.1) is 0 Å². The highest BCUT2D eigenvalue weighted by molar-refractivity contribution is 6.31. The van der Waals surface area contributed by atoms with Crippen LogP contribution in [0.5, 0.6) is 0 Å². The van der Waals surface area contributed by atoms with E-state index in [9.17, 15) is 9.59 Å². The molecule has 120 valence electrons. The third-order valence-corrected chi connectivity index (χ3v) is 3.72. The minimum atomic E-state index is -0.231. The van der Waals surface area contributed by atoms with Gasteiger partial charge in [0.2, 0.25) is 0 Å². The van der Waals surface area contributed by atoms with Crippen LogP contribution in [0.25, 0.3) is 11.3 Å². The predicted octanol–water partition coefficient (Wildman–Crippen LogP) is 3.35. The van der Waals surface area contributed by atoms with Crippen molar-refractivity contribution in [3.05, 3.63) is 81.6 Å². The van der Waals surface area contributed by atoms with Gasteiger partial charge < -0.3 is 5.32 Å². The van der Waals surface area contributed by atoms with Crippen LogP contribution in [0.4, 0.5) is 5.69 Å². The number of hydrogen-bond donors (Lipinski definition) is 1. The molecule has 0 saturated carbocycles. The van der Waals surface area contributed by atoms with Crippen LogP contribution >= 0.6 is 11.6 Å². The van der Waals surface area contributed by atoms with Crippen molar-refractivity contribution in [1.82, 2.24) is 9.78 Å². The molecule has 0 unspecified atom stereocenters. The van der Waals surface area contributed by atoms with Gasteiger partial charge in [0.25, 0.3) is 11.5 Å². The molecule has 1 amide bonds. The van der Waals surface area contributed by atoms with E-state index in [4.69, 9.17) is 11.6 Å². The molecule has 0 radical (unpaired) electrons. The molecule has 1 aromatic heterocycles. The predicted molar refractivity (Wildman–Crippen MR) is 94.3 cm³/mol. The van der Waals surface area contributed by atoms with Crippen molar-refractivity contribution < 1.29 is 4.79 Å². The van der Waals surface area contributed by atoms with E-state index >= 15 is 0 Å². The van der Waals surface area contributed by atoms with Crippen LogP contribution in [0.3, 0.4) is 0 Å². The summed E-state index contributed by atoms with van der Waals surface area (Å²) in [4.78, 5) is 23.6. The molecule has 0 aliphatic heterocycles. The number of carbonyl (C=O) groups excluding carboxylic acids is 1. The molecule has 5 nitrogen and oxygen atoms in total. The van der Waals surface area contributed by atoms with Crippen LogP contribution in [0, 0.1) is 0 Å². The second kappa shape index (κ2) is 6.68. The van der Waals surface area contributed by atoms with Gasteiger partial charge in [0, 0.05) is 35.0 Å². The molecular weight excluding hydrogens is 326 g/mol.